The number of nitrogens with one attached hydrogen (secondary N) is 2. The zero-order valence-electron chi connectivity index (χ0n) is 13.1. The number of carbonyl (C=O) groups is 1. The quantitative estimate of drug-likeness (QED) is 0.753. The van der Waals surface area contributed by atoms with Crippen LogP contribution in [0.5, 0.6) is 0 Å². The number of amides is 1. The third-order valence-electron chi connectivity index (χ3n) is 4.44. The van der Waals surface area contributed by atoms with E-state index in [9.17, 15) is 9.59 Å². The van der Waals surface area contributed by atoms with Crippen LogP contribution in [0.3, 0.4) is 0 Å². The van der Waals surface area contributed by atoms with Crippen LogP contribution in [0.25, 0.3) is 21.8 Å². The third-order valence-corrected chi connectivity index (χ3v) is 4.44. The molecule has 24 heavy (non-hydrogen) atoms. The zero-order valence-corrected chi connectivity index (χ0v) is 13.1. The summed E-state index contributed by atoms with van der Waals surface area (Å²) in [6.45, 7) is 1.35. The summed E-state index contributed by atoms with van der Waals surface area (Å²) in [5.41, 5.74) is 1.02. The zero-order chi connectivity index (χ0) is 16.5. The Kier molecular flexibility index (Phi) is 3.78. The van der Waals surface area contributed by atoms with E-state index in [1.807, 2.05) is 24.3 Å². The summed E-state index contributed by atoms with van der Waals surface area (Å²) in [4.78, 5) is 24.6. The molecule has 1 fully saturated rings. The standard InChI is InChI=1S/C17H18N4O3/c22-15(18-8-11-4-3-7-24-11)10-21-14-6-2-1-5-12(14)13-9-19-20-17(23)16(13)21/h1-2,5-6,9,11H,3-4,7-8,10H2,(H,18,22)(H,20,23). The summed E-state index contributed by atoms with van der Waals surface area (Å²) >= 11 is 0. The van der Waals surface area contributed by atoms with E-state index in [0.717, 1.165) is 35.7 Å². The predicted molar refractivity (Wildman–Crippen MR) is 89.8 cm³/mol. The van der Waals surface area contributed by atoms with Crippen molar-refractivity contribution < 1.29 is 9.53 Å². The van der Waals surface area contributed by atoms with Gasteiger partial charge in [-0.25, -0.2) is 5.10 Å². The second-order valence-electron chi connectivity index (χ2n) is 6.00. The van der Waals surface area contributed by atoms with Gasteiger partial charge in [0.25, 0.3) is 5.56 Å². The maximum atomic E-state index is 12.4. The molecule has 7 nitrogen and oxygen atoms in total. The van der Waals surface area contributed by atoms with Crippen LogP contribution in [0.15, 0.2) is 35.3 Å². The number of rotatable bonds is 4. The Balaban J connectivity index is 1.67. The van der Waals surface area contributed by atoms with Crippen molar-refractivity contribution in [3.05, 3.63) is 40.8 Å². The normalized spacial score (nSPS) is 17.6. The van der Waals surface area contributed by atoms with Crippen molar-refractivity contribution in [3.8, 4) is 0 Å². The fourth-order valence-electron chi connectivity index (χ4n) is 3.31. The molecule has 0 spiro atoms. The van der Waals surface area contributed by atoms with E-state index in [0.29, 0.717) is 12.1 Å². The van der Waals surface area contributed by atoms with Gasteiger partial charge in [0.15, 0.2) is 0 Å². The highest BCUT2D eigenvalue weighted by Crippen LogP contribution is 2.25. The number of hydrogen-bond donors (Lipinski definition) is 2. The van der Waals surface area contributed by atoms with E-state index in [1.54, 1.807) is 10.8 Å². The van der Waals surface area contributed by atoms with Crippen molar-refractivity contribution in [3.63, 3.8) is 0 Å². The molecule has 124 valence electrons. The van der Waals surface area contributed by atoms with Crippen molar-refractivity contribution in [2.45, 2.75) is 25.5 Å². The number of nitrogens with zero attached hydrogens (tertiary/aromatic N) is 2. The summed E-state index contributed by atoms with van der Waals surface area (Å²) in [5, 5.41) is 10.9. The van der Waals surface area contributed by atoms with E-state index in [2.05, 4.69) is 15.5 Å². The second kappa shape index (κ2) is 6.09. The van der Waals surface area contributed by atoms with Crippen LogP contribution in [-0.4, -0.2) is 39.9 Å². The summed E-state index contributed by atoms with van der Waals surface area (Å²) < 4.78 is 7.26. The fraction of sp³-hybridized carbons (Fsp3) is 0.353. The Morgan fingerprint density at radius 1 is 1.38 bits per heavy atom. The van der Waals surface area contributed by atoms with Crippen molar-refractivity contribution >= 4 is 27.7 Å². The minimum atomic E-state index is -0.296. The van der Waals surface area contributed by atoms with Crippen molar-refractivity contribution in [2.75, 3.05) is 13.2 Å². The monoisotopic (exact) mass is 326 g/mol. The molecule has 0 radical (unpaired) electrons. The highest BCUT2D eigenvalue weighted by molar-refractivity contribution is 6.07. The van der Waals surface area contributed by atoms with Gasteiger partial charge in [-0.3, -0.25) is 9.59 Å². The lowest BCUT2D eigenvalue weighted by Gasteiger charge is -2.12. The minimum absolute atomic E-state index is 0.0871. The average molecular weight is 326 g/mol. The van der Waals surface area contributed by atoms with E-state index < -0.39 is 0 Å². The Labute approximate surface area is 137 Å². The summed E-state index contributed by atoms with van der Waals surface area (Å²) in [6.07, 6.45) is 3.73. The topological polar surface area (TPSA) is 89.0 Å². The first-order valence-electron chi connectivity index (χ1n) is 8.07. The summed E-state index contributed by atoms with van der Waals surface area (Å²) in [5.74, 6) is -0.135. The van der Waals surface area contributed by atoms with E-state index in [-0.39, 0.29) is 24.1 Å². The Hall–Kier alpha value is -2.67. The molecule has 1 amide bonds. The smallest absolute Gasteiger partial charge is 0.288 e. The highest BCUT2D eigenvalue weighted by Gasteiger charge is 2.18. The number of benzene rings is 1. The molecule has 0 aliphatic carbocycles. The van der Waals surface area contributed by atoms with Gasteiger partial charge in [-0.2, -0.15) is 5.10 Å². The van der Waals surface area contributed by atoms with Gasteiger partial charge in [-0.1, -0.05) is 18.2 Å². The first kappa shape index (κ1) is 14.9. The molecule has 3 aromatic rings. The highest BCUT2D eigenvalue weighted by atomic mass is 16.5. The van der Waals surface area contributed by atoms with Crippen molar-refractivity contribution in [2.24, 2.45) is 0 Å². The molecule has 0 saturated carbocycles. The Morgan fingerprint density at radius 3 is 3.08 bits per heavy atom. The number of fused-ring (bicyclic) bond motifs is 3. The van der Waals surface area contributed by atoms with Crippen LogP contribution in [0, 0.1) is 0 Å². The Morgan fingerprint density at radius 2 is 2.25 bits per heavy atom. The number of H-pyrrole nitrogens is 1. The molecule has 1 unspecified atom stereocenters. The number of para-hydroxylation sites is 1. The van der Waals surface area contributed by atoms with Crippen LogP contribution >= 0.6 is 0 Å². The van der Waals surface area contributed by atoms with E-state index in [4.69, 9.17) is 4.74 Å². The van der Waals surface area contributed by atoms with E-state index in [1.165, 1.54) is 0 Å². The number of ether oxygens (including phenoxy) is 1. The van der Waals surface area contributed by atoms with Gasteiger partial charge in [0.1, 0.15) is 12.1 Å². The fourth-order valence-corrected chi connectivity index (χ4v) is 3.31. The SMILES string of the molecule is O=C(Cn1c2ccccc2c2cn[nH]c(=O)c21)NCC1CCCO1. The minimum Gasteiger partial charge on any atom is -0.376 e. The first-order chi connectivity index (χ1) is 11.7. The third kappa shape index (κ3) is 2.56. The van der Waals surface area contributed by atoms with Gasteiger partial charge in [-0.05, 0) is 18.9 Å². The molecular weight excluding hydrogens is 308 g/mol. The molecular formula is C17H18N4O3. The van der Waals surface area contributed by atoms with Gasteiger partial charge in [-0.15, -0.1) is 0 Å². The molecule has 2 N–H and O–H groups in total. The molecule has 3 heterocycles. The van der Waals surface area contributed by atoms with Gasteiger partial charge in [0.2, 0.25) is 5.91 Å². The van der Waals surface area contributed by atoms with Crippen molar-refractivity contribution in [1.29, 1.82) is 0 Å². The molecule has 1 atom stereocenters. The van der Waals surface area contributed by atoms with Gasteiger partial charge in [0.05, 0.1) is 12.3 Å². The molecule has 1 aromatic carbocycles. The summed E-state index contributed by atoms with van der Waals surface area (Å²) in [7, 11) is 0. The summed E-state index contributed by atoms with van der Waals surface area (Å²) in [6, 6.07) is 7.64. The van der Waals surface area contributed by atoms with Gasteiger partial charge >= 0.3 is 0 Å². The lowest BCUT2D eigenvalue weighted by molar-refractivity contribution is -0.122. The molecule has 1 aliphatic rings. The van der Waals surface area contributed by atoms with Crippen LogP contribution < -0.4 is 10.9 Å². The predicted octanol–water partition coefficient (Wildman–Crippen LogP) is 1.17. The maximum Gasteiger partial charge on any atom is 0.288 e. The van der Waals surface area contributed by atoms with Gasteiger partial charge < -0.3 is 14.6 Å². The number of carbonyl (C=O) groups excluding carboxylic acids is 1. The first-order valence-corrected chi connectivity index (χ1v) is 8.07. The lowest BCUT2D eigenvalue weighted by Crippen LogP contribution is -2.34. The van der Waals surface area contributed by atoms with Crippen molar-refractivity contribution in [1.82, 2.24) is 20.1 Å². The van der Waals surface area contributed by atoms with Crippen LogP contribution in [0.1, 0.15) is 12.8 Å². The number of hydrogen-bond acceptors (Lipinski definition) is 4. The number of aromatic nitrogens is 3. The largest absolute Gasteiger partial charge is 0.376 e. The molecule has 1 aliphatic heterocycles. The molecule has 2 aromatic heterocycles. The van der Waals surface area contributed by atoms with Crippen LogP contribution in [0.4, 0.5) is 0 Å². The Bertz CT molecular complexity index is 953. The lowest BCUT2D eigenvalue weighted by atomic mass is 10.2. The average Bonchev–Trinajstić information content (AvgIpc) is 3.21. The molecule has 0 bridgehead atoms. The molecule has 7 heteroatoms. The van der Waals surface area contributed by atoms with Crippen LogP contribution in [-0.2, 0) is 16.1 Å². The second-order valence-corrected chi connectivity index (χ2v) is 6.00. The maximum absolute atomic E-state index is 12.4. The molecule has 1 saturated heterocycles. The van der Waals surface area contributed by atoms with Gasteiger partial charge in [0, 0.05) is 29.4 Å². The number of aromatic amines is 1. The molecule has 4 rings (SSSR count). The van der Waals surface area contributed by atoms with Crippen LogP contribution in [0.2, 0.25) is 0 Å². The van der Waals surface area contributed by atoms with E-state index >= 15 is 0 Å².